The summed E-state index contributed by atoms with van der Waals surface area (Å²) in [4.78, 5) is 13.1. The van der Waals surface area contributed by atoms with Gasteiger partial charge in [-0.15, -0.1) is 0 Å². The van der Waals surface area contributed by atoms with Crippen molar-refractivity contribution in [2.75, 3.05) is 13.1 Å². The van der Waals surface area contributed by atoms with Crippen molar-refractivity contribution in [1.29, 1.82) is 0 Å². The lowest BCUT2D eigenvalue weighted by atomic mass is 9.97. The number of rotatable bonds is 4. The predicted octanol–water partition coefficient (Wildman–Crippen LogP) is 3.06. The summed E-state index contributed by atoms with van der Waals surface area (Å²) in [6.07, 6.45) is 1.24. The molecule has 0 bridgehead atoms. The third-order valence-corrected chi connectivity index (χ3v) is 8.19. The molecular formula is C23H28N4O3S. The highest BCUT2D eigenvalue weighted by Gasteiger charge is 2.34. The molecule has 1 aliphatic rings. The van der Waals surface area contributed by atoms with Gasteiger partial charge in [0.05, 0.1) is 10.6 Å². The Balaban J connectivity index is 1.61. The van der Waals surface area contributed by atoms with Crippen molar-refractivity contribution in [3.05, 3.63) is 75.5 Å². The molecule has 2 heterocycles. The van der Waals surface area contributed by atoms with Crippen LogP contribution in [0.15, 0.2) is 52.2 Å². The fourth-order valence-corrected chi connectivity index (χ4v) is 6.51. The Morgan fingerprint density at radius 3 is 2.13 bits per heavy atom. The molecule has 0 atom stereocenters. The molecular weight excluding hydrogens is 412 g/mol. The minimum Gasteiger partial charge on any atom is -0.247 e. The van der Waals surface area contributed by atoms with Gasteiger partial charge >= 0.3 is 5.69 Å². The van der Waals surface area contributed by atoms with E-state index in [9.17, 15) is 13.2 Å². The van der Waals surface area contributed by atoms with Gasteiger partial charge in [-0.25, -0.2) is 22.5 Å². The SMILES string of the molecule is Cc1cc(C)c(S(=O)(=O)N2CCC(c3nn(C)c(=O)n3-c3ccccc3)CC2)c(C)c1. The fourth-order valence-electron chi connectivity index (χ4n) is 4.63. The smallest absolute Gasteiger partial charge is 0.247 e. The minimum absolute atomic E-state index is 0.0146. The average Bonchev–Trinajstić information content (AvgIpc) is 3.02. The van der Waals surface area contributed by atoms with E-state index >= 15 is 0 Å². The Morgan fingerprint density at radius 2 is 1.55 bits per heavy atom. The first-order valence-electron chi connectivity index (χ1n) is 10.5. The molecule has 0 spiro atoms. The number of nitrogens with zero attached hydrogens (tertiary/aromatic N) is 4. The lowest BCUT2D eigenvalue weighted by Gasteiger charge is -2.31. The van der Waals surface area contributed by atoms with E-state index in [4.69, 9.17) is 0 Å². The lowest BCUT2D eigenvalue weighted by Crippen LogP contribution is -2.39. The summed E-state index contributed by atoms with van der Waals surface area (Å²) in [5, 5.41) is 4.49. The maximum atomic E-state index is 13.4. The zero-order valence-electron chi connectivity index (χ0n) is 18.4. The summed E-state index contributed by atoms with van der Waals surface area (Å²) >= 11 is 0. The monoisotopic (exact) mass is 440 g/mol. The van der Waals surface area contributed by atoms with Gasteiger partial charge in [0.15, 0.2) is 0 Å². The maximum Gasteiger partial charge on any atom is 0.350 e. The van der Waals surface area contributed by atoms with Crippen LogP contribution in [0.25, 0.3) is 5.69 Å². The summed E-state index contributed by atoms with van der Waals surface area (Å²) in [7, 11) is -1.93. The molecule has 8 heteroatoms. The third-order valence-electron chi connectivity index (χ3n) is 5.99. The van der Waals surface area contributed by atoms with E-state index < -0.39 is 10.0 Å². The predicted molar refractivity (Wildman–Crippen MR) is 120 cm³/mol. The Hall–Kier alpha value is -2.71. The number of sulfonamides is 1. The van der Waals surface area contributed by atoms with Crippen LogP contribution in [0, 0.1) is 20.8 Å². The van der Waals surface area contributed by atoms with E-state index in [2.05, 4.69) is 5.10 Å². The molecule has 2 aromatic carbocycles. The number of aromatic nitrogens is 3. The van der Waals surface area contributed by atoms with E-state index in [-0.39, 0.29) is 11.6 Å². The molecule has 7 nitrogen and oxygen atoms in total. The molecule has 0 aliphatic carbocycles. The number of aryl methyl sites for hydroxylation is 4. The van der Waals surface area contributed by atoms with Crippen LogP contribution in [0.5, 0.6) is 0 Å². The molecule has 1 fully saturated rings. The normalized spacial score (nSPS) is 16.0. The molecule has 164 valence electrons. The first-order valence-corrected chi connectivity index (χ1v) is 11.9. The number of hydrogen-bond acceptors (Lipinski definition) is 4. The van der Waals surface area contributed by atoms with Crippen molar-refractivity contribution in [2.24, 2.45) is 7.05 Å². The van der Waals surface area contributed by atoms with E-state index in [0.717, 1.165) is 22.4 Å². The molecule has 1 saturated heterocycles. The third kappa shape index (κ3) is 3.85. The van der Waals surface area contributed by atoms with Crippen LogP contribution in [0.4, 0.5) is 0 Å². The van der Waals surface area contributed by atoms with Gasteiger partial charge in [-0.2, -0.15) is 9.40 Å². The molecule has 0 radical (unpaired) electrons. The van der Waals surface area contributed by atoms with Crippen LogP contribution >= 0.6 is 0 Å². The van der Waals surface area contributed by atoms with E-state index in [1.54, 1.807) is 15.9 Å². The van der Waals surface area contributed by atoms with Crippen LogP contribution in [-0.4, -0.2) is 40.2 Å². The van der Waals surface area contributed by atoms with Crippen molar-refractivity contribution in [3.8, 4) is 5.69 Å². The quantitative estimate of drug-likeness (QED) is 0.625. The van der Waals surface area contributed by atoms with Crippen molar-refractivity contribution >= 4 is 10.0 Å². The number of piperidine rings is 1. The van der Waals surface area contributed by atoms with Crippen LogP contribution in [0.1, 0.15) is 41.3 Å². The zero-order valence-corrected chi connectivity index (χ0v) is 19.2. The molecule has 4 rings (SSSR count). The van der Waals surface area contributed by atoms with Gasteiger partial charge in [0, 0.05) is 26.1 Å². The van der Waals surface area contributed by atoms with Crippen LogP contribution in [-0.2, 0) is 17.1 Å². The lowest BCUT2D eigenvalue weighted by molar-refractivity contribution is 0.311. The van der Waals surface area contributed by atoms with Crippen LogP contribution in [0.3, 0.4) is 0 Å². The van der Waals surface area contributed by atoms with Crippen LogP contribution in [0.2, 0.25) is 0 Å². The van der Waals surface area contributed by atoms with Crippen molar-refractivity contribution in [3.63, 3.8) is 0 Å². The summed E-state index contributed by atoms with van der Waals surface area (Å²) in [5.74, 6) is 0.708. The molecule has 0 amide bonds. The molecule has 31 heavy (non-hydrogen) atoms. The van der Waals surface area contributed by atoms with Gasteiger partial charge in [0.25, 0.3) is 0 Å². The van der Waals surface area contributed by atoms with Gasteiger partial charge < -0.3 is 0 Å². The van der Waals surface area contributed by atoms with Gasteiger partial charge in [0.1, 0.15) is 5.82 Å². The van der Waals surface area contributed by atoms with Crippen molar-refractivity contribution in [1.82, 2.24) is 18.7 Å². The summed E-state index contributed by atoms with van der Waals surface area (Å²) in [5.41, 5.74) is 3.20. The molecule has 3 aromatic rings. The van der Waals surface area contributed by atoms with E-state index in [0.29, 0.717) is 36.7 Å². The molecule has 1 aliphatic heterocycles. The largest absolute Gasteiger partial charge is 0.350 e. The Bertz CT molecular complexity index is 1240. The molecule has 1 aromatic heterocycles. The second-order valence-electron chi connectivity index (χ2n) is 8.34. The number of hydrogen-bond donors (Lipinski definition) is 0. The van der Waals surface area contributed by atoms with Gasteiger partial charge in [-0.1, -0.05) is 35.9 Å². The first-order chi connectivity index (χ1) is 14.7. The maximum absolute atomic E-state index is 13.4. The van der Waals surface area contributed by atoms with E-state index in [1.807, 2.05) is 63.2 Å². The second kappa shape index (κ2) is 8.09. The standard InChI is InChI=1S/C23H28N4O3S/c1-16-14-17(2)21(18(3)15-16)31(29,30)26-12-10-19(11-13-26)22-24-25(4)23(28)27(22)20-8-6-5-7-9-20/h5-9,14-15,19H,10-13H2,1-4H3. The number of benzene rings is 2. The topological polar surface area (TPSA) is 77.2 Å². The van der Waals surface area contributed by atoms with E-state index in [1.165, 1.54) is 4.68 Å². The van der Waals surface area contributed by atoms with Gasteiger partial charge in [-0.3, -0.25) is 0 Å². The summed E-state index contributed by atoms with van der Waals surface area (Å²) in [6, 6.07) is 13.3. The second-order valence-corrected chi connectivity index (χ2v) is 10.2. The highest BCUT2D eigenvalue weighted by molar-refractivity contribution is 7.89. The molecule has 0 saturated carbocycles. The highest BCUT2D eigenvalue weighted by atomic mass is 32.2. The van der Waals surface area contributed by atoms with Crippen molar-refractivity contribution < 1.29 is 8.42 Å². The van der Waals surface area contributed by atoms with Crippen LogP contribution < -0.4 is 5.69 Å². The average molecular weight is 441 g/mol. The Kier molecular flexibility index (Phi) is 5.61. The summed E-state index contributed by atoms with van der Waals surface area (Å²) < 4.78 is 31.3. The van der Waals surface area contributed by atoms with Crippen molar-refractivity contribution in [2.45, 2.75) is 44.4 Å². The molecule has 0 unspecified atom stereocenters. The summed E-state index contributed by atoms with van der Waals surface area (Å²) in [6.45, 7) is 6.48. The van der Waals surface area contributed by atoms with Gasteiger partial charge in [-0.05, 0) is 56.9 Å². The Labute approximate surface area is 183 Å². The Morgan fingerprint density at radius 1 is 0.968 bits per heavy atom. The highest BCUT2D eigenvalue weighted by Crippen LogP contribution is 2.32. The van der Waals surface area contributed by atoms with Gasteiger partial charge in [0.2, 0.25) is 10.0 Å². The fraction of sp³-hybridized carbons (Fsp3) is 0.391. The molecule has 0 N–H and O–H groups in total. The minimum atomic E-state index is -3.57. The first kappa shape index (κ1) is 21.5. The number of para-hydroxylation sites is 1. The zero-order chi connectivity index (χ0) is 22.3.